The second-order valence-electron chi connectivity index (χ2n) is 5.21. The minimum atomic E-state index is -0.136. The Morgan fingerprint density at radius 2 is 2.11 bits per heavy atom. The molecule has 0 aromatic heterocycles. The summed E-state index contributed by atoms with van der Waals surface area (Å²) in [7, 11) is 0. The van der Waals surface area contributed by atoms with Gasteiger partial charge in [-0.2, -0.15) is 0 Å². The molecule has 2 rings (SSSR count). The second-order valence-corrected chi connectivity index (χ2v) is 5.21. The highest BCUT2D eigenvalue weighted by Gasteiger charge is 2.25. The van der Waals surface area contributed by atoms with Crippen LogP contribution in [0.1, 0.15) is 26.7 Å². The van der Waals surface area contributed by atoms with Crippen LogP contribution in [-0.4, -0.2) is 61.9 Å². The van der Waals surface area contributed by atoms with Gasteiger partial charge in [-0.1, -0.05) is 0 Å². The van der Waals surface area contributed by atoms with Gasteiger partial charge >= 0.3 is 0 Å². The topological polar surface area (TPSA) is 50.8 Å². The molecule has 0 aromatic rings. The molecule has 0 saturated carbocycles. The first-order chi connectivity index (χ1) is 8.66. The molecule has 18 heavy (non-hydrogen) atoms. The van der Waals surface area contributed by atoms with Crippen molar-refractivity contribution >= 4 is 5.91 Å². The quantitative estimate of drug-likeness (QED) is 0.790. The number of ether oxygens (including phenoxy) is 2. The Morgan fingerprint density at radius 3 is 2.72 bits per heavy atom. The van der Waals surface area contributed by atoms with E-state index in [-0.39, 0.29) is 18.1 Å². The van der Waals surface area contributed by atoms with Crippen molar-refractivity contribution in [3.63, 3.8) is 0 Å². The summed E-state index contributed by atoms with van der Waals surface area (Å²) in [6.45, 7) is 7.52. The first kappa shape index (κ1) is 13.8. The van der Waals surface area contributed by atoms with E-state index in [4.69, 9.17) is 9.47 Å². The maximum atomic E-state index is 12.1. The molecule has 0 aromatic carbocycles. The molecule has 104 valence electrons. The van der Waals surface area contributed by atoms with Crippen LogP contribution in [0.5, 0.6) is 0 Å². The molecule has 2 fully saturated rings. The molecule has 3 atom stereocenters. The van der Waals surface area contributed by atoms with E-state index in [1.165, 1.54) is 0 Å². The number of hydrogen-bond donors (Lipinski definition) is 1. The van der Waals surface area contributed by atoms with Crippen LogP contribution < -0.4 is 5.32 Å². The van der Waals surface area contributed by atoms with Crippen LogP contribution >= 0.6 is 0 Å². The summed E-state index contributed by atoms with van der Waals surface area (Å²) in [5.74, 6) is 0.171. The van der Waals surface area contributed by atoms with Crippen LogP contribution in [-0.2, 0) is 14.3 Å². The largest absolute Gasteiger partial charge is 0.378 e. The summed E-state index contributed by atoms with van der Waals surface area (Å²) in [6, 6.07) is -0.136. The normalized spacial score (nSPS) is 30.4. The average Bonchev–Trinajstić information content (AvgIpc) is 2.82. The Morgan fingerprint density at radius 1 is 1.39 bits per heavy atom. The predicted molar refractivity (Wildman–Crippen MR) is 68.4 cm³/mol. The van der Waals surface area contributed by atoms with Gasteiger partial charge in [0.05, 0.1) is 31.5 Å². The summed E-state index contributed by atoms with van der Waals surface area (Å²) in [6.07, 6.45) is 2.84. The van der Waals surface area contributed by atoms with E-state index in [2.05, 4.69) is 12.2 Å². The standard InChI is InChI=1S/C13H24N2O3/c1-10-3-4-12(18-10)9-14-11(2)13(16)15-5-7-17-8-6-15/h10-12,14H,3-9H2,1-2H3. The minimum Gasteiger partial charge on any atom is -0.378 e. The molecule has 5 nitrogen and oxygen atoms in total. The van der Waals surface area contributed by atoms with Crippen molar-refractivity contribution in [2.24, 2.45) is 0 Å². The SMILES string of the molecule is CC1CCC(CNC(C)C(=O)N2CCOCC2)O1. The molecule has 2 aliphatic heterocycles. The van der Waals surface area contributed by atoms with Gasteiger partial charge in [0, 0.05) is 19.6 Å². The van der Waals surface area contributed by atoms with Gasteiger partial charge in [-0.05, 0) is 26.7 Å². The molecule has 0 bridgehead atoms. The van der Waals surface area contributed by atoms with Gasteiger partial charge in [-0.3, -0.25) is 4.79 Å². The lowest BCUT2D eigenvalue weighted by Gasteiger charge is -2.29. The number of nitrogens with one attached hydrogen (secondary N) is 1. The molecule has 3 unspecified atom stereocenters. The van der Waals surface area contributed by atoms with Crippen LogP contribution in [0.15, 0.2) is 0 Å². The van der Waals surface area contributed by atoms with Gasteiger partial charge in [0.25, 0.3) is 0 Å². The van der Waals surface area contributed by atoms with E-state index in [0.29, 0.717) is 32.4 Å². The molecule has 0 radical (unpaired) electrons. The van der Waals surface area contributed by atoms with Crippen LogP contribution in [0, 0.1) is 0 Å². The maximum absolute atomic E-state index is 12.1. The maximum Gasteiger partial charge on any atom is 0.239 e. The van der Waals surface area contributed by atoms with E-state index in [1.54, 1.807) is 0 Å². The third kappa shape index (κ3) is 3.67. The van der Waals surface area contributed by atoms with Crippen molar-refractivity contribution in [1.82, 2.24) is 10.2 Å². The molecule has 1 amide bonds. The first-order valence-electron chi connectivity index (χ1n) is 6.92. The van der Waals surface area contributed by atoms with Gasteiger partial charge < -0.3 is 19.7 Å². The zero-order valence-electron chi connectivity index (χ0n) is 11.4. The Balaban J connectivity index is 1.70. The van der Waals surface area contributed by atoms with Crippen molar-refractivity contribution in [1.29, 1.82) is 0 Å². The van der Waals surface area contributed by atoms with Gasteiger partial charge in [0.15, 0.2) is 0 Å². The summed E-state index contributed by atoms with van der Waals surface area (Å²) in [5, 5.41) is 3.29. The van der Waals surface area contributed by atoms with Gasteiger partial charge in [-0.25, -0.2) is 0 Å². The van der Waals surface area contributed by atoms with Gasteiger partial charge in [-0.15, -0.1) is 0 Å². The number of amides is 1. The molecule has 0 spiro atoms. The monoisotopic (exact) mass is 256 g/mol. The summed E-state index contributed by atoms with van der Waals surface area (Å²) in [5.41, 5.74) is 0. The average molecular weight is 256 g/mol. The minimum absolute atomic E-state index is 0.136. The fourth-order valence-corrected chi connectivity index (χ4v) is 2.49. The number of morpholine rings is 1. The fraction of sp³-hybridized carbons (Fsp3) is 0.923. The van der Waals surface area contributed by atoms with Crippen molar-refractivity contribution in [2.45, 2.75) is 44.9 Å². The van der Waals surface area contributed by atoms with Gasteiger partial charge in [0.2, 0.25) is 5.91 Å². The van der Waals surface area contributed by atoms with E-state index >= 15 is 0 Å². The lowest BCUT2D eigenvalue weighted by atomic mass is 10.2. The Kier molecular flexibility index (Phi) is 4.97. The van der Waals surface area contributed by atoms with Gasteiger partial charge in [0.1, 0.15) is 0 Å². The lowest BCUT2D eigenvalue weighted by molar-refractivity contribution is -0.137. The zero-order valence-corrected chi connectivity index (χ0v) is 11.4. The highest BCUT2D eigenvalue weighted by atomic mass is 16.5. The zero-order chi connectivity index (χ0) is 13.0. The van der Waals surface area contributed by atoms with E-state index in [0.717, 1.165) is 19.4 Å². The molecule has 2 aliphatic rings. The summed E-state index contributed by atoms with van der Waals surface area (Å²) >= 11 is 0. The predicted octanol–water partition coefficient (Wildman–Crippen LogP) is 0.391. The number of hydrogen-bond acceptors (Lipinski definition) is 4. The Labute approximate surface area is 109 Å². The number of nitrogens with zero attached hydrogens (tertiary/aromatic N) is 1. The number of carbonyl (C=O) groups excluding carboxylic acids is 1. The highest BCUT2D eigenvalue weighted by molar-refractivity contribution is 5.81. The highest BCUT2D eigenvalue weighted by Crippen LogP contribution is 2.18. The summed E-state index contributed by atoms with van der Waals surface area (Å²) in [4.78, 5) is 14.0. The van der Waals surface area contributed by atoms with Crippen molar-refractivity contribution in [3.05, 3.63) is 0 Å². The molecular weight excluding hydrogens is 232 g/mol. The smallest absolute Gasteiger partial charge is 0.239 e. The first-order valence-corrected chi connectivity index (χ1v) is 6.92. The molecule has 5 heteroatoms. The second kappa shape index (κ2) is 6.50. The lowest BCUT2D eigenvalue weighted by Crippen LogP contribution is -2.50. The van der Waals surface area contributed by atoms with Crippen LogP contribution in [0.25, 0.3) is 0 Å². The van der Waals surface area contributed by atoms with Crippen LogP contribution in [0.4, 0.5) is 0 Å². The molecular formula is C13H24N2O3. The summed E-state index contributed by atoms with van der Waals surface area (Å²) < 4.78 is 11.0. The molecule has 2 heterocycles. The van der Waals surface area contributed by atoms with Crippen LogP contribution in [0.3, 0.4) is 0 Å². The van der Waals surface area contributed by atoms with Crippen molar-refractivity contribution in [3.8, 4) is 0 Å². The fourth-order valence-electron chi connectivity index (χ4n) is 2.49. The number of carbonyl (C=O) groups is 1. The number of rotatable bonds is 4. The van der Waals surface area contributed by atoms with E-state index in [1.807, 2.05) is 11.8 Å². The Bertz CT molecular complexity index is 279. The van der Waals surface area contributed by atoms with Crippen LogP contribution in [0.2, 0.25) is 0 Å². The molecule has 1 N–H and O–H groups in total. The Hall–Kier alpha value is -0.650. The van der Waals surface area contributed by atoms with Crippen molar-refractivity contribution in [2.75, 3.05) is 32.8 Å². The molecule has 0 aliphatic carbocycles. The molecule has 2 saturated heterocycles. The third-order valence-corrected chi connectivity index (χ3v) is 3.66. The van der Waals surface area contributed by atoms with E-state index in [9.17, 15) is 4.79 Å². The van der Waals surface area contributed by atoms with E-state index < -0.39 is 0 Å². The third-order valence-electron chi connectivity index (χ3n) is 3.66. The van der Waals surface area contributed by atoms with Crippen molar-refractivity contribution < 1.29 is 14.3 Å².